The van der Waals surface area contributed by atoms with E-state index in [4.69, 9.17) is 5.26 Å². The second kappa shape index (κ2) is 4.83. The van der Waals surface area contributed by atoms with E-state index in [1.165, 1.54) is 6.07 Å². The Labute approximate surface area is 81.9 Å². The lowest BCUT2D eigenvalue weighted by Crippen LogP contribution is -1.85. The smallest absolute Gasteiger partial charge is 0.150 e. The van der Waals surface area contributed by atoms with Crippen LogP contribution in [0.3, 0.4) is 0 Å². The third-order valence-corrected chi connectivity index (χ3v) is 1.74. The predicted octanol–water partition coefficient (Wildman–Crippen LogP) is 2.13. The van der Waals surface area contributed by atoms with Gasteiger partial charge in [-0.05, 0) is 6.07 Å². The van der Waals surface area contributed by atoms with Gasteiger partial charge in [-0.3, -0.25) is 4.79 Å². The van der Waals surface area contributed by atoms with E-state index in [0.29, 0.717) is 17.4 Å². The fourth-order valence-electron chi connectivity index (χ4n) is 1.08. The summed E-state index contributed by atoms with van der Waals surface area (Å²) in [5.41, 5.74) is 0.872. The summed E-state index contributed by atoms with van der Waals surface area (Å²) in [4.78, 5) is 10.6. The highest BCUT2D eigenvalue weighted by Crippen LogP contribution is 2.21. The number of carbonyl (C=O) groups is 1. The first-order valence-electron chi connectivity index (χ1n) is 4.10. The number of hydrogen-bond donors (Lipinski definition) is 1. The molecule has 0 bridgehead atoms. The Kier molecular flexibility index (Phi) is 3.45. The van der Waals surface area contributed by atoms with Gasteiger partial charge < -0.3 is 5.11 Å². The number of hydrogen-bond acceptors (Lipinski definition) is 3. The quantitative estimate of drug-likeness (QED) is 0.737. The standard InChI is InChI=1S/C11H9NO2/c12-7-2-1-5-10-9(8-13)4-3-6-11(10)14/h1,3-6,8,14H,2H2. The predicted molar refractivity (Wildman–Crippen MR) is 52.8 cm³/mol. The second-order valence-electron chi connectivity index (χ2n) is 2.66. The monoisotopic (exact) mass is 187 g/mol. The van der Waals surface area contributed by atoms with Gasteiger partial charge in [0.15, 0.2) is 6.29 Å². The van der Waals surface area contributed by atoms with E-state index in [-0.39, 0.29) is 12.2 Å². The van der Waals surface area contributed by atoms with Crippen LogP contribution >= 0.6 is 0 Å². The largest absolute Gasteiger partial charge is 0.507 e. The average Bonchev–Trinajstić information content (AvgIpc) is 2.20. The molecule has 0 aliphatic heterocycles. The lowest BCUT2D eigenvalue weighted by atomic mass is 10.1. The van der Waals surface area contributed by atoms with Gasteiger partial charge in [-0.25, -0.2) is 0 Å². The summed E-state index contributed by atoms with van der Waals surface area (Å²) in [5, 5.41) is 17.7. The molecular formula is C11H9NO2. The normalized spacial score (nSPS) is 9.93. The summed E-state index contributed by atoms with van der Waals surface area (Å²) in [6, 6.07) is 6.64. The molecule has 0 aliphatic carbocycles. The molecular weight excluding hydrogens is 178 g/mol. The van der Waals surface area contributed by atoms with Crippen LogP contribution in [-0.2, 0) is 0 Å². The number of nitriles is 1. The summed E-state index contributed by atoms with van der Waals surface area (Å²) in [7, 11) is 0. The highest BCUT2D eigenvalue weighted by Gasteiger charge is 2.02. The van der Waals surface area contributed by atoms with Crippen molar-refractivity contribution in [3.63, 3.8) is 0 Å². The van der Waals surface area contributed by atoms with Gasteiger partial charge in [-0.15, -0.1) is 0 Å². The van der Waals surface area contributed by atoms with Crippen molar-refractivity contribution >= 4 is 12.4 Å². The van der Waals surface area contributed by atoms with Gasteiger partial charge in [-0.1, -0.05) is 24.3 Å². The molecule has 1 aromatic carbocycles. The molecule has 0 heterocycles. The molecule has 0 spiro atoms. The second-order valence-corrected chi connectivity index (χ2v) is 2.66. The van der Waals surface area contributed by atoms with Crippen molar-refractivity contribution in [1.29, 1.82) is 5.26 Å². The molecule has 3 heteroatoms. The Bertz CT molecular complexity index is 402. The summed E-state index contributed by atoms with van der Waals surface area (Å²) < 4.78 is 0. The molecule has 70 valence electrons. The molecule has 0 atom stereocenters. The number of phenols is 1. The zero-order valence-electron chi connectivity index (χ0n) is 7.47. The Hall–Kier alpha value is -2.08. The topological polar surface area (TPSA) is 61.1 Å². The third-order valence-electron chi connectivity index (χ3n) is 1.74. The molecule has 14 heavy (non-hydrogen) atoms. The molecule has 1 aromatic rings. The molecule has 0 saturated heterocycles. The average molecular weight is 187 g/mol. The van der Waals surface area contributed by atoms with Crippen LogP contribution in [0.4, 0.5) is 0 Å². The van der Waals surface area contributed by atoms with Crippen LogP contribution in [0.5, 0.6) is 5.75 Å². The summed E-state index contributed by atoms with van der Waals surface area (Å²) in [6.07, 6.45) is 4.10. The Morgan fingerprint density at radius 1 is 1.50 bits per heavy atom. The maximum atomic E-state index is 10.6. The van der Waals surface area contributed by atoms with Crippen molar-refractivity contribution in [1.82, 2.24) is 0 Å². The molecule has 1 rings (SSSR count). The first-order chi connectivity index (χ1) is 6.79. The van der Waals surface area contributed by atoms with Gasteiger partial charge in [0.2, 0.25) is 0 Å². The van der Waals surface area contributed by atoms with Crippen LogP contribution < -0.4 is 0 Å². The minimum absolute atomic E-state index is 0.0452. The zero-order valence-corrected chi connectivity index (χ0v) is 7.47. The van der Waals surface area contributed by atoms with E-state index in [1.54, 1.807) is 24.3 Å². The third kappa shape index (κ3) is 2.20. The highest BCUT2D eigenvalue weighted by atomic mass is 16.3. The molecule has 0 aromatic heterocycles. The number of phenolic OH excluding ortho intramolecular Hbond substituents is 1. The first kappa shape index (κ1) is 10.0. The Morgan fingerprint density at radius 3 is 2.93 bits per heavy atom. The van der Waals surface area contributed by atoms with Crippen molar-refractivity contribution in [3.05, 3.63) is 35.4 Å². The van der Waals surface area contributed by atoms with Crippen molar-refractivity contribution in [2.45, 2.75) is 6.42 Å². The van der Waals surface area contributed by atoms with Gasteiger partial charge in [-0.2, -0.15) is 5.26 Å². The zero-order chi connectivity index (χ0) is 10.4. The summed E-state index contributed by atoms with van der Waals surface area (Å²) in [5.74, 6) is 0.0452. The molecule has 1 N–H and O–H groups in total. The lowest BCUT2D eigenvalue weighted by molar-refractivity contribution is 0.112. The van der Waals surface area contributed by atoms with Crippen LogP contribution in [0.2, 0.25) is 0 Å². The van der Waals surface area contributed by atoms with Crippen LogP contribution in [0.15, 0.2) is 24.3 Å². The maximum Gasteiger partial charge on any atom is 0.150 e. The van der Waals surface area contributed by atoms with Gasteiger partial charge >= 0.3 is 0 Å². The van der Waals surface area contributed by atoms with E-state index in [2.05, 4.69) is 0 Å². The molecule has 3 nitrogen and oxygen atoms in total. The van der Waals surface area contributed by atoms with Gasteiger partial charge in [0.05, 0.1) is 12.5 Å². The van der Waals surface area contributed by atoms with E-state index in [0.717, 1.165) is 0 Å². The Morgan fingerprint density at radius 2 is 2.29 bits per heavy atom. The minimum Gasteiger partial charge on any atom is -0.507 e. The molecule has 0 fully saturated rings. The fourth-order valence-corrected chi connectivity index (χ4v) is 1.08. The number of aromatic hydroxyl groups is 1. The van der Waals surface area contributed by atoms with E-state index < -0.39 is 0 Å². The molecule has 0 saturated carbocycles. The fraction of sp³-hybridized carbons (Fsp3) is 0.0909. The number of allylic oxidation sites excluding steroid dienone is 1. The van der Waals surface area contributed by atoms with Crippen molar-refractivity contribution in [3.8, 4) is 11.8 Å². The van der Waals surface area contributed by atoms with Crippen LogP contribution in [0, 0.1) is 11.3 Å². The summed E-state index contributed by atoms with van der Waals surface area (Å²) >= 11 is 0. The lowest BCUT2D eigenvalue weighted by Gasteiger charge is -2.00. The Balaban J connectivity index is 3.06. The molecule has 0 radical (unpaired) electrons. The van der Waals surface area contributed by atoms with Gasteiger partial charge in [0.25, 0.3) is 0 Å². The van der Waals surface area contributed by atoms with Crippen LogP contribution in [0.1, 0.15) is 22.3 Å². The van der Waals surface area contributed by atoms with Gasteiger partial charge in [0, 0.05) is 11.1 Å². The van der Waals surface area contributed by atoms with E-state index >= 15 is 0 Å². The minimum atomic E-state index is 0.0452. The molecule has 0 amide bonds. The number of rotatable bonds is 3. The van der Waals surface area contributed by atoms with E-state index in [9.17, 15) is 9.90 Å². The number of benzene rings is 1. The molecule has 0 aliphatic rings. The van der Waals surface area contributed by atoms with Crippen LogP contribution in [-0.4, -0.2) is 11.4 Å². The number of aldehydes is 1. The van der Waals surface area contributed by atoms with Crippen LogP contribution in [0.25, 0.3) is 6.08 Å². The highest BCUT2D eigenvalue weighted by molar-refractivity contribution is 5.83. The number of nitrogens with zero attached hydrogens (tertiary/aromatic N) is 1. The van der Waals surface area contributed by atoms with E-state index in [1.807, 2.05) is 6.07 Å². The van der Waals surface area contributed by atoms with Gasteiger partial charge in [0.1, 0.15) is 5.75 Å². The maximum absolute atomic E-state index is 10.6. The van der Waals surface area contributed by atoms with Crippen molar-refractivity contribution in [2.24, 2.45) is 0 Å². The van der Waals surface area contributed by atoms with Crippen molar-refractivity contribution < 1.29 is 9.90 Å². The SMILES string of the molecule is N#CCC=Cc1c(O)cccc1C=O. The van der Waals surface area contributed by atoms with Crippen molar-refractivity contribution in [2.75, 3.05) is 0 Å². The molecule has 0 unspecified atom stereocenters. The number of carbonyl (C=O) groups excluding carboxylic acids is 1. The first-order valence-corrected chi connectivity index (χ1v) is 4.10. The summed E-state index contributed by atoms with van der Waals surface area (Å²) in [6.45, 7) is 0.